The van der Waals surface area contributed by atoms with Gasteiger partial charge in [-0.2, -0.15) is 0 Å². The lowest BCUT2D eigenvalue weighted by Crippen LogP contribution is -2.64. The summed E-state index contributed by atoms with van der Waals surface area (Å²) in [6.07, 6.45) is 7.92. The van der Waals surface area contributed by atoms with Crippen molar-refractivity contribution in [1.82, 2.24) is 10.2 Å². The highest BCUT2D eigenvalue weighted by atomic mass is 16.5. The van der Waals surface area contributed by atoms with Gasteiger partial charge in [0.05, 0.1) is 5.60 Å². The molecule has 0 bridgehead atoms. The first kappa shape index (κ1) is 17.2. The van der Waals surface area contributed by atoms with Crippen molar-refractivity contribution in [1.29, 1.82) is 0 Å². The first-order valence-corrected chi connectivity index (χ1v) is 8.96. The first-order chi connectivity index (χ1) is 9.91. The van der Waals surface area contributed by atoms with E-state index >= 15 is 0 Å². The number of rotatable bonds is 6. The van der Waals surface area contributed by atoms with Crippen molar-refractivity contribution in [3.8, 4) is 0 Å². The summed E-state index contributed by atoms with van der Waals surface area (Å²) in [7, 11) is 1.84. The van der Waals surface area contributed by atoms with Gasteiger partial charge in [0.1, 0.15) is 0 Å². The summed E-state index contributed by atoms with van der Waals surface area (Å²) >= 11 is 0. The topological polar surface area (TPSA) is 24.5 Å². The number of nitrogens with zero attached hydrogens (tertiary/aromatic N) is 1. The fraction of sp³-hybridized carbons (Fsp3) is 1.00. The van der Waals surface area contributed by atoms with E-state index in [1.54, 1.807) is 0 Å². The maximum Gasteiger partial charge on any atom is 0.0634 e. The Hall–Kier alpha value is -0.120. The van der Waals surface area contributed by atoms with Crippen LogP contribution in [0.1, 0.15) is 66.2 Å². The van der Waals surface area contributed by atoms with E-state index in [1.807, 2.05) is 7.11 Å². The minimum atomic E-state index is -0.00623. The Morgan fingerprint density at radius 2 is 2.00 bits per heavy atom. The normalized spacial score (nSPS) is 28.1. The Labute approximate surface area is 131 Å². The van der Waals surface area contributed by atoms with Crippen LogP contribution in [0.3, 0.4) is 0 Å². The molecule has 1 saturated carbocycles. The van der Waals surface area contributed by atoms with E-state index in [9.17, 15) is 0 Å². The van der Waals surface area contributed by atoms with Crippen molar-refractivity contribution < 1.29 is 4.74 Å². The summed E-state index contributed by atoms with van der Waals surface area (Å²) in [6, 6.07) is 0.689. The average molecular weight is 296 g/mol. The fourth-order valence-corrected chi connectivity index (χ4v) is 3.99. The third-order valence-electron chi connectivity index (χ3n) is 6.08. The SMILES string of the molecule is CCC(C)C1CNC2(CCCC2)CN1CCC(C)(C)OC. The number of hydrogen-bond acceptors (Lipinski definition) is 3. The Morgan fingerprint density at radius 1 is 1.33 bits per heavy atom. The van der Waals surface area contributed by atoms with Gasteiger partial charge in [-0.05, 0) is 39.0 Å². The third kappa shape index (κ3) is 4.20. The van der Waals surface area contributed by atoms with Crippen LogP contribution >= 0.6 is 0 Å². The minimum Gasteiger partial charge on any atom is -0.379 e. The molecule has 0 aromatic rings. The van der Waals surface area contributed by atoms with Crippen LogP contribution < -0.4 is 5.32 Å². The number of ether oxygens (including phenoxy) is 1. The number of nitrogens with one attached hydrogen (secondary N) is 1. The minimum absolute atomic E-state index is 0.00623. The van der Waals surface area contributed by atoms with E-state index in [2.05, 4.69) is 37.9 Å². The molecule has 0 radical (unpaired) electrons. The van der Waals surface area contributed by atoms with Crippen LogP contribution in [0.25, 0.3) is 0 Å². The van der Waals surface area contributed by atoms with Crippen LogP contribution in [0.5, 0.6) is 0 Å². The van der Waals surface area contributed by atoms with Crippen molar-refractivity contribution in [3.63, 3.8) is 0 Å². The molecule has 3 nitrogen and oxygen atoms in total. The molecule has 1 spiro atoms. The summed E-state index contributed by atoms with van der Waals surface area (Å²) in [5.41, 5.74) is 0.412. The summed E-state index contributed by atoms with van der Waals surface area (Å²) in [6.45, 7) is 12.7. The van der Waals surface area contributed by atoms with Gasteiger partial charge in [-0.15, -0.1) is 0 Å². The van der Waals surface area contributed by atoms with Crippen LogP contribution in [0.15, 0.2) is 0 Å². The van der Waals surface area contributed by atoms with Crippen LogP contribution in [0.2, 0.25) is 0 Å². The van der Waals surface area contributed by atoms with Crippen LogP contribution in [-0.2, 0) is 4.74 Å². The molecular weight excluding hydrogens is 260 g/mol. The van der Waals surface area contributed by atoms with Gasteiger partial charge in [0.25, 0.3) is 0 Å². The molecule has 1 aliphatic heterocycles. The molecule has 2 aliphatic rings. The molecule has 1 heterocycles. The van der Waals surface area contributed by atoms with Crippen LogP contribution in [-0.4, -0.2) is 48.8 Å². The Balaban J connectivity index is 2.02. The number of piperazine rings is 1. The Morgan fingerprint density at radius 3 is 2.57 bits per heavy atom. The molecule has 21 heavy (non-hydrogen) atoms. The van der Waals surface area contributed by atoms with Crippen LogP contribution in [0, 0.1) is 5.92 Å². The van der Waals surface area contributed by atoms with Gasteiger partial charge < -0.3 is 10.1 Å². The smallest absolute Gasteiger partial charge is 0.0634 e. The maximum absolute atomic E-state index is 5.63. The highest BCUT2D eigenvalue weighted by Gasteiger charge is 2.42. The standard InChI is InChI=1S/C18H36N2O/c1-6-15(2)16-13-19-18(9-7-8-10-18)14-20(16)12-11-17(3,4)21-5/h15-16,19H,6-14H2,1-5H3. The van der Waals surface area contributed by atoms with Gasteiger partial charge in [-0.25, -0.2) is 0 Å². The van der Waals surface area contributed by atoms with Crippen molar-refractivity contribution in [2.24, 2.45) is 5.92 Å². The zero-order valence-electron chi connectivity index (χ0n) is 14.9. The van der Waals surface area contributed by atoms with Gasteiger partial charge in [-0.1, -0.05) is 33.1 Å². The lowest BCUT2D eigenvalue weighted by atomic mass is 9.87. The van der Waals surface area contributed by atoms with E-state index in [1.165, 1.54) is 51.7 Å². The Kier molecular flexibility index (Phi) is 5.72. The van der Waals surface area contributed by atoms with Gasteiger partial charge in [-0.3, -0.25) is 4.90 Å². The lowest BCUT2D eigenvalue weighted by Gasteiger charge is -2.49. The van der Waals surface area contributed by atoms with Crippen molar-refractivity contribution in [2.45, 2.75) is 83.4 Å². The quantitative estimate of drug-likeness (QED) is 0.812. The molecule has 0 aromatic carbocycles. The molecule has 2 atom stereocenters. The monoisotopic (exact) mass is 296 g/mol. The molecule has 1 aliphatic carbocycles. The molecule has 1 N–H and O–H groups in total. The van der Waals surface area contributed by atoms with E-state index in [0.717, 1.165) is 12.3 Å². The maximum atomic E-state index is 5.63. The first-order valence-electron chi connectivity index (χ1n) is 8.96. The van der Waals surface area contributed by atoms with Gasteiger partial charge in [0, 0.05) is 38.3 Å². The second-order valence-electron chi connectivity index (χ2n) is 8.01. The van der Waals surface area contributed by atoms with E-state index < -0.39 is 0 Å². The molecule has 0 amide bonds. The van der Waals surface area contributed by atoms with Crippen molar-refractivity contribution >= 4 is 0 Å². The zero-order valence-corrected chi connectivity index (χ0v) is 14.9. The second kappa shape index (κ2) is 6.97. The average Bonchev–Trinajstić information content (AvgIpc) is 2.92. The number of hydrogen-bond donors (Lipinski definition) is 1. The number of methoxy groups -OCH3 is 1. The fourth-order valence-electron chi connectivity index (χ4n) is 3.99. The zero-order chi connectivity index (χ0) is 15.5. The van der Waals surface area contributed by atoms with E-state index in [0.29, 0.717) is 11.6 Å². The molecule has 2 rings (SSSR count). The molecule has 0 aromatic heterocycles. The second-order valence-corrected chi connectivity index (χ2v) is 8.01. The highest BCUT2D eigenvalue weighted by Crippen LogP contribution is 2.35. The lowest BCUT2D eigenvalue weighted by molar-refractivity contribution is -0.0120. The van der Waals surface area contributed by atoms with E-state index in [-0.39, 0.29) is 5.60 Å². The summed E-state index contributed by atoms with van der Waals surface area (Å²) in [4.78, 5) is 2.77. The predicted molar refractivity (Wildman–Crippen MR) is 89.7 cm³/mol. The third-order valence-corrected chi connectivity index (χ3v) is 6.08. The molecule has 2 unspecified atom stereocenters. The Bertz CT molecular complexity index is 323. The largest absolute Gasteiger partial charge is 0.379 e. The van der Waals surface area contributed by atoms with Gasteiger partial charge in [0.2, 0.25) is 0 Å². The predicted octanol–water partition coefficient (Wildman–Crippen LogP) is 3.43. The highest BCUT2D eigenvalue weighted by molar-refractivity contribution is 5.02. The van der Waals surface area contributed by atoms with Crippen molar-refractivity contribution in [2.75, 3.05) is 26.7 Å². The van der Waals surface area contributed by atoms with Gasteiger partial charge >= 0.3 is 0 Å². The summed E-state index contributed by atoms with van der Waals surface area (Å²) in [5, 5.41) is 3.93. The van der Waals surface area contributed by atoms with Gasteiger partial charge in [0.15, 0.2) is 0 Å². The molecule has 124 valence electrons. The summed E-state index contributed by atoms with van der Waals surface area (Å²) in [5.74, 6) is 0.766. The molecule has 3 heteroatoms. The molecular formula is C18H36N2O. The molecule has 2 fully saturated rings. The van der Waals surface area contributed by atoms with E-state index in [4.69, 9.17) is 4.74 Å². The molecule has 1 saturated heterocycles. The van der Waals surface area contributed by atoms with Crippen molar-refractivity contribution in [3.05, 3.63) is 0 Å². The summed E-state index contributed by atoms with van der Waals surface area (Å²) < 4.78 is 5.63. The van der Waals surface area contributed by atoms with Crippen LogP contribution in [0.4, 0.5) is 0 Å².